The lowest BCUT2D eigenvalue weighted by Crippen LogP contribution is -2.48. The van der Waals surface area contributed by atoms with Crippen molar-refractivity contribution in [2.45, 2.75) is 19.8 Å². The molecule has 1 heterocycles. The van der Waals surface area contributed by atoms with Gasteiger partial charge in [0.2, 0.25) is 0 Å². The lowest BCUT2D eigenvalue weighted by atomic mass is 9.86. The van der Waals surface area contributed by atoms with Crippen molar-refractivity contribution in [3.8, 4) is 0 Å². The first-order chi connectivity index (χ1) is 8.00. The summed E-state index contributed by atoms with van der Waals surface area (Å²) in [5.74, 6) is 0.719. The van der Waals surface area contributed by atoms with E-state index in [9.17, 15) is 9.00 Å². The van der Waals surface area contributed by atoms with E-state index in [0.717, 1.165) is 30.3 Å². The zero-order valence-corrected chi connectivity index (χ0v) is 10.7. The van der Waals surface area contributed by atoms with Crippen LogP contribution in [-0.4, -0.2) is 38.8 Å². The van der Waals surface area contributed by atoms with Crippen LogP contribution in [-0.2, 0) is 11.3 Å². The summed E-state index contributed by atoms with van der Waals surface area (Å²) in [5.41, 5.74) is 7.09. The Bertz CT molecular complexity index is 283. The molecular formula is C9H20N4O3S. The normalized spacial score (nSPS) is 21.1. The van der Waals surface area contributed by atoms with E-state index in [-0.39, 0.29) is 5.92 Å². The smallest absolute Gasteiger partial charge is 0.327 e. The van der Waals surface area contributed by atoms with E-state index in [0.29, 0.717) is 12.5 Å². The molecule has 0 aromatic rings. The molecule has 1 fully saturated rings. The monoisotopic (exact) mass is 264 g/mol. The number of hydrazine groups is 1. The van der Waals surface area contributed by atoms with E-state index >= 15 is 0 Å². The molecule has 0 radical (unpaired) electrons. The van der Waals surface area contributed by atoms with Crippen molar-refractivity contribution in [2.24, 2.45) is 17.6 Å². The van der Waals surface area contributed by atoms with Crippen LogP contribution in [0.15, 0.2) is 0 Å². The summed E-state index contributed by atoms with van der Waals surface area (Å²) in [6, 6.07) is -0.829. The molecule has 17 heavy (non-hydrogen) atoms. The van der Waals surface area contributed by atoms with Gasteiger partial charge in [-0.15, -0.1) is 4.41 Å². The van der Waals surface area contributed by atoms with Gasteiger partial charge in [0.15, 0.2) is 0 Å². The van der Waals surface area contributed by atoms with Gasteiger partial charge in [0.1, 0.15) is 0 Å². The van der Waals surface area contributed by atoms with Crippen molar-refractivity contribution in [2.75, 3.05) is 19.6 Å². The second-order valence-corrected chi connectivity index (χ2v) is 5.23. The van der Waals surface area contributed by atoms with Crippen molar-refractivity contribution in [1.29, 1.82) is 0 Å². The van der Waals surface area contributed by atoms with Gasteiger partial charge in [-0.05, 0) is 37.8 Å². The number of amides is 2. The zero-order chi connectivity index (χ0) is 12.8. The van der Waals surface area contributed by atoms with Gasteiger partial charge in [0.25, 0.3) is 11.3 Å². The highest BCUT2D eigenvalue weighted by Gasteiger charge is 2.24. The summed E-state index contributed by atoms with van der Waals surface area (Å²) >= 11 is -2.24. The molecule has 1 aliphatic heterocycles. The Kier molecular flexibility index (Phi) is 5.83. The Morgan fingerprint density at radius 1 is 1.65 bits per heavy atom. The molecular weight excluding hydrogens is 244 g/mol. The standard InChI is InChI=1S/C9H20N4O3S/c1-7(8-2-4-11-5-3-8)6-13(17(15)16)12-9(10)14/h7-8,11H,2-6H2,1H3,(H,15,16)(H3,10,12,14). The molecule has 0 aliphatic carbocycles. The molecule has 100 valence electrons. The van der Waals surface area contributed by atoms with E-state index < -0.39 is 17.3 Å². The number of nitrogens with zero attached hydrogens (tertiary/aromatic N) is 1. The first-order valence-corrected chi connectivity index (χ1v) is 6.72. The molecule has 1 saturated heterocycles. The van der Waals surface area contributed by atoms with Crippen LogP contribution in [0.1, 0.15) is 19.8 Å². The number of hydrogen-bond acceptors (Lipinski definition) is 3. The molecule has 8 heteroatoms. The van der Waals surface area contributed by atoms with Crippen molar-refractivity contribution in [3.05, 3.63) is 0 Å². The molecule has 0 spiro atoms. The van der Waals surface area contributed by atoms with Gasteiger partial charge >= 0.3 is 6.03 Å². The second-order valence-electron chi connectivity index (χ2n) is 4.33. The number of urea groups is 1. The van der Waals surface area contributed by atoms with Crippen molar-refractivity contribution >= 4 is 17.3 Å². The maximum atomic E-state index is 11.0. The van der Waals surface area contributed by atoms with E-state index in [1.807, 2.05) is 6.92 Å². The van der Waals surface area contributed by atoms with E-state index in [1.54, 1.807) is 0 Å². The first-order valence-electron chi connectivity index (χ1n) is 5.66. The van der Waals surface area contributed by atoms with Crippen LogP contribution in [0.25, 0.3) is 0 Å². The second kappa shape index (κ2) is 6.90. The maximum absolute atomic E-state index is 11.0. The van der Waals surface area contributed by atoms with Gasteiger partial charge in [0.05, 0.1) is 0 Å². The SMILES string of the molecule is CC(CN(NC(N)=O)S(=O)O)C1CCNCC1. The number of piperidine rings is 1. The highest BCUT2D eigenvalue weighted by molar-refractivity contribution is 7.76. The number of rotatable bonds is 5. The summed E-state index contributed by atoms with van der Waals surface area (Å²) in [6.45, 7) is 4.27. The Hall–Kier alpha value is -0.700. The van der Waals surface area contributed by atoms with Crippen LogP contribution in [0.3, 0.4) is 0 Å². The number of primary amides is 1. The van der Waals surface area contributed by atoms with Crippen LogP contribution in [0.2, 0.25) is 0 Å². The van der Waals surface area contributed by atoms with E-state index in [1.165, 1.54) is 0 Å². The van der Waals surface area contributed by atoms with Crippen LogP contribution in [0, 0.1) is 11.8 Å². The molecule has 2 atom stereocenters. The maximum Gasteiger partial charge on any atom is 0.327 e. The molecule has 0 saturated carbocycles. The molecule has 0 aromatic heterocycles. The Labute approximate surface area is 103 Å². The zero-order valence-electron chi connectivity index (χ0n) is 9.89. The molecule has 2 unspecified atom stereocenters. The van der Waals surface area contributed by atoms with Crippen LogP contribution in [0.5, 0.6) is 0 Å². The van der Waals surface area contributed by atoms with Crippen molar-refractivity contribution in [3.63, 3.8) is 0 Å². The lowest BCUT2D eigenvalue weighted by Gasteiger charge is -2.30. The summed E-state index contributed by atoms with van der Waals surface area (Å²) in [6.07, 6.45) is 2.09. The number of nitrogens with two attached hydrogens (primary N) is 1. The van der Waals surface area contributed by atoms with Gasteiger partial charge < -0.3 is 11.1 Å². The third-order valence-electron chi connectivity index (χ3n) is 3.07. The first kappa shape index (κ1) is 14.4. The summed E-state index contributed by atoms with van der Waals surface area (Å²) in [5, 5.41) is 3.27. The Morgan fingerprint density at radius 2 is 2.24 bits per heavy atom. The predicted octanol–water partition coefficient (Wildman–Crippen LogP) is -0.356. The van der Waals surface area contributed by atoms with Gasteiger partial charge in [-0.1, -0.05) is 6.92 Å². The highest BCUT2D eigenvalue weighted by Crippen LogP contribution is 2.22. The average Bonchev–Trinajstić information content (AvgIpc) is 2.28. The largest absolute Gasteiger partial charge is 0.351 e. The van der Waals surface area contributed by atoms with Crippen LogP contribution in [0.4, 0.5) is 4.79 Å². The van der Waals surface area contributed by atoms with Gasteiger partial charge in [-0.2, -0.15) is 0 Å². The minimum absolute atomic E-state index is 0.222. The van der Waals surface area contributed by atoms with Crippen molar-refractivity contribution < 1.29 is 13.6 Å². The topological polar surface area (TPSA) is 108 Å². The van der Waals surface area contributed by atoms with Gasteiger partial charge in [-0.25, -0.2) is 9.00 Å². The van der Waals surface area contributed by atoms with E-state index in [2.05, 4.69) is 10.7 Å². The molecule has 0 bridgehead atoms. The number of carbonyl (C=O) groups is 1. The quantitative estimate of drug-likeness (QED) is 0.402. The number of carbonyl (C=O) groups excluding carboxylic acids is 1. The Balaban J connectivity index is 2.47. The Morgan fingerprint density at radius 3 is 2.71 bits per heavy atom. The lowest BCUT2D eigenvalue weighted by molar-refractivity contribution is 0.194. The summed E-state index contributed by atoms with van der Waals surface area (Å²) in [7, 11) is 0. The fraction of sp³-hybridized carbons (Fsp3) is 0.889. The highest BCUT2D eigenvalue weighted by atomic mass is 32.2. The van der Waals surface area contributed by atoms with Gasteiger partial charge in [-0.3, -0.25) is 9.98 Å². The minimum Gasteiger partial charge on any atom is -0.351 e. The summed E-state index contributed by atoms with van der Waals surface area (Å²) < 4.78 is 21.0. The molecule has 7 nitrogen and oxygen atoms in total. The molecule has 0 aromatic carbocycles. The fourth-order valence-corrected chi connectivity index (χ4v) is 2.63. The number of nitrogens with one attached hydrogen (secondary N) is 2. The summed E-state index contributed by atoms with van der Waals surface area (Å²) in [4.78, 5) is 10.7. The third kappa shape index (κ3) is 4.99. The molecule has 2 amide bonds. The van der Waals surface area contributed by atoms with Gasteiger partial charge in [0, 0.05) is 6.54 Å². The van der Waals surface area contributed by atoms with E-state index in [4.69, 9.17) is 10.3 Å². The predicted molar refractivity (Wildman–Crippen MR) is 65.0 cm³/mol. The number of hydrogen-bond donors (Lipinski definition) is 4. The van der Waals surface area contributed by atoms with Crippen LogP contribution < -0.4 is 16.5 Å². The van der Waals surface area contributed by atoms with Crippen LogP contribution >= 0.6 is 0 Å². The average molecular weight is 264 g/mol. The molecule has 1 aliphatic rings. The van der Waals surface area contributed by atoms with Crippen molar-refractivity contribution in [1.82, 2.24) is 15.2 Å². The molecule has 5 N–H and O–H groups in total. The molecule has 1 rings (SSSR count). The minimum atomic E-state index is -2.24. The fourth-order valence-electron chi connectivity index (χ4n) is 2.10. The third-order valence-corrected chi connectivity index (χ3v) is 3.68.